The Hall–Kier alpha value is -1.16. The maximum absolute atomic E-state index is 13.3. The van der Waals surface area contributed by atoms with E-state index in [1.165, 1.54) is 38.2 Å². The molecule has 5 rings (SSSR count). The van der Waals surface area contributed by atoms with Gasteiger partial charge in [0.05, 0.1) is 0 Å². The van der Waals surface area contributed by atoms with E-state index in [0.717, 1.165) is 32.1 Å². The van der Waals surface area contributed by atoms with Crippen molar-refractivity contribution in [2.75, 3.05) is 0 Å². The first-order valence-electron chi connectivity index (χ1n) is 14.7. The highest BCUT2D eigenvalue weighted by molar-refractivity contribution is 6.00. The van der Waals surface area contributed by atoms with Gasteiger partial charge in [-0.25, -0.2) is 0 Å². The number of hydrogen-bond acceptors (Lipinski definition) is 4. The van der Waals surface area contributed by atoms with Gasteiger partial charge in [0.15, 0.2) is 11.5 Å². The molecule has 4 fully saturated rings. The number of ketones is 1. The lowest BCUT2D eigenvalue weighted by molar-refractivity contribution is -0.256. The molecular formula is C32H51NO3. The molecule has 5 aliphatic carbocycles. The SMILES string of the molecule is CC(=O)O[C@@]1(N)CC[C@]2(C)[C@H]3CC[C@@H]4C5=C(C(C)C)C(=O)C[C@]5(C)CC[C@@]4(C)[C@]3(C)CC[C@H]2C1(C)C. The number of esters is 1. The van der Waals surface area contributed by atoms with Crippen LogP contribution in [0.25, 0.3) is 0 Å². The highest BCUT2D eigenvalue weighted by Crippen LogP contribution is 2.77. The van der Waals surface area contributed by atoms with Crippen molar-refractivity contribution in [2.45, 2.75) is 126 Å². The standard InChI is InChI=1S/C32H51NO3/c1-19(2)25-22(35)18-28(6)14-16-30(8)21(26(25)28)10-11-24-29(7)15-17-32(33,36-20(3)34)27(4,5)23(29)12-13-31(24,30)9/h19,21,23-24H,10-18,33H2,1-9H3/t21-,23+,24-,28+,29+,30-,31-,32+/m1/s1. The van der Waals surface area contributed by atoms with Crippen molar-refractivity contribution in [2.24, 2.45) is 56.5 Å². The average Bonchev–Trinajstić information content (AvgIpc) is 3.02. The monoisotopic (exact) mass is 497 g/mol. The topological polar surface area (TPSA) is 69.4 Å². The number of carbonyl (C=O) groups excluding carboxylic acids is 2. The molecule has 0 spiro atoms. The number of fused-ring (bicyclic) bond motifs is 7. The fourth-order valence-corrected chi connectivity index (χ4v) is 11.3. The van der Waals surface area contributed by atoms with Crippen LogP contribution in [0.2, 0.25) is 0 Å². The smallest absolute Gasteiger partial charge is 0.304 e. The summed E-state index contributed by atoms with van der Waals surface area (Å²) in [5, 5.41) is 0. The summed E-state index contributed by atoms with van der Waals surface area (Å²) in [6, 6.07) is 0. The van der Waals surface area contributed by atoms with Gasteiger partial charge in [-0.15, -0.1) is 0 Å². The zero-order valence-corrected chi connectivity index (χ0v) is 24.5. The molecule has 0 aromatic heterocycles. The van der Waals surface area contributed by atoms with Crippen LogP contribution in [0.4, 0.5) is 0 Å². The number of carbonyl (C=O) groups is 2. The predicted molar refractivity (Wildman–Crippen MR) is 144 cm³/mol. The minimum Gasteiger partial charge on any atom is -0.444 e. The molecule has 4 nitrogen and oxygen atoms in total. The number of ether oxygens (including phenoxy) is 1. The van der Waals surface area contributed by atoms with Crippen molar-refractivity contribution in [3.8, 4) is 0 Å². The van der Waals surface area contributed by atoms with Crippen LogP contribution in [0.5, 0.6) is 0 Å². The summed E-state index contributed by atoms with van der Waals surface area (Å²) in [5.41, 5.74) is 9.14. The molecule has 0 heterocycles. The van der Waals surface area contributed by atoms with E-state index in [0.29, 0.717) is 29.5 Å². The minimum absolute atomic E-state index is 0.0706. The van der Waals surface area contributed by atoms with Gasteiger partial charge in [-0.1, -0.05) is 61.0 Å². The van der Waals surface area contributed by atoms with Crippen LogP contribution in [0.3, 0.4) is 0 Å². The largest absolute Gasteiger partial charge is 0.444 e. The van der Waals surface area contributed by atoms with Crippen LogP contribution in [-0.2, 0) is 14.3 Å². The maximum Gasteiger partial charge on any atom is 0.304 e. The van der Waals surface area contributed by atoms with Gasteiger partial charge in [-0.2, -0.15) is 0 Å². The third-order valence-corrected chi connectivity index (χ3v) is 13.4. The van der Waals surface area contributed by atoms with Gasteiger partial charge < -0.3 is 4.74 Å². The molecule has 36 heavy (non-hydrogen) atoms. The van der Waals surface area contributed by atoms with E-state index in [-0.39, 0.29) is 33.0 Å². The molecule has 0 unspecified atom stereocenters. The van der Waals surface area contributed by atoms with Gasteiger partial charge in [0.1, 0.15) is 0 Å². The van der Waals surface area contributed by atoms with Crippen LogP contribution in [0.15, 0.2) is 11.1 Å². The van der Waals surface area contributed by atoms with Crippen LogP contribution >= 0.6 is 0 Å². The van der Waals surface area contributed by atoms with E-state index in [9.17, 15) is 9.59 Å². The normalized spacial score (nSPS) is 49.8. The summed E-state index contributed by atoms with van der Waals surface area (Å²) in [5.74, 6) is 2.03. The Morgan fingerprint density at radius 2 is 1.56 bits per heavy atom. The van der Waals surface area contributed by atoms with Crippen LogP contribution in [0.1, 0.15) is 120 Å². The lowest BCUT2D eigenvalue weighted by Gasteiger charge is -2.72. The van der Waals surface area contributed by atoms with Crippen molar-refractivity contribution in [3.05, 3.63) is 11.1 Å². The van der Waals surface area contributed by atoms with E-state index >= 15 is 0 Å². The van der Waals surface area contributed by atoms with Gasteiger partial charge in [-0.05, 0) is 95.9 Å². The molecule has 0 aromatic carbocycles. The second-order valence-corrected chi connectivity index (χ2v) is 15.5. The molecule has 2 N–H and O–H groups in total. The Kier molecular flexibility index (Phi) is 5.66. The molecule has 0 aromatic rings. The lowest BCUT2D eigenvalue weighted by atomic mass is 9.32. The molecule has 0 aliphatic heterocycles. The highest BCUT2D eigenvalue weighted by Gasteiger charge is 2.71. The lowest BCUT2D eigenvalue weighted by Crippen LogP contribution is -2.70. The van der Waals surface area contributed by atoms with Gasteiger partial charge >= 0.3 is 5.97 Å². The van der Waals surface area contributed by atoms with Gasteiger partial charge in [-0.3, -0.25) is 15.3 Å². The van der Waals surface area contributed by atoms with Crippen molar-refractivity contribution in [1.82, 2.24) is 0 Å². The van der Waals surface area contributed by atoms with Crippen LogP contribution in [-0.4, -0.2) is 17.5 Å². The minimum atomic E-state index is -0.897. The third-order valence-electron chi connectivity index (χ3n) is 13.4. The van der Waals surface area contributed by atoms with E-state index in [1.54, 1.807) is 5.57 Å². The van der Waals surface area contributed by atoms with Crippen molar-refractivity contribution in [1.29, 1.82) is 0 Å². The number of hydrogen-bond donors (Lipinski definition) is 1. The molecule has 0 saturated heterocycles. The first-order chi connectivity index (χ1) is 16.5. The third kappa shape index (κ3) is 3.09. The van der Waals surface area contributed by atoms with E-state index in [1.807, 2.05) is 0 Å². The van der Waals surface area contributed by atoms with E-state index in [4.69, 9.17) is 10.5 Å². The Bertz CT molecular complexity index is 1030. The summed E-state index contributed by atoms with van der Waals surface area (Å²) < 4.78 is 5.86. The molecule has 5 aliphatic rings. The Morgan fingerprint density at radius 1 is 0.889 bits per heavy atom. The van der Waals surface area contributed by atoms with Crippen molar-refractivity contribution >= 4 is 11.8 Å². The molecule has 202 valence electrons. The first-order valence-corrected chi connectivity index (χ1v) is 14.7. The van der Waals surface area contributed by atoms with Gasteiger partial charge in [0.25, 0.3) is 0 Å². The summed E-state index contributed by atoms with van der Waals surface area (Å²) in [6.07, 6.45) is 9.59. The Labute approximate surface area is 219 Å². The van der Waals surface area contributed by atoms with E-state index in [2.05, 4.69) is 55.4 Å². The number of allylic oxidation sites excluding steroid dienone is 2. The summed E-state index contributed by atoms with van der Waals surface area (Å²) in [7, 11) is 0. The maximum atomic E-state index is 13.3. The van der Waals surface area contributed by atoms with Crippen molar-refractivity contribution < 1.29 is 14.3 Å². The first kappa shape index (κ1) is 26.4. The molecule has 4 saturated carbocycles. The van der Waals surface area contributed by atoms with Gasteiger partial charge in [0, 0.05) is 25.2 Å². The van der Waals surface area contributed by atoms with Crippen LogP contribution < -0.4 is 5.73 Å². The Morgan fingerprint density at radius 3 is 2.17 bits per heavy atom. The zero-order chi connectivity index (χ0) is 26.7. The van der Waals surface area contributed by atoms with Gasteiger partial charge in [0.2, 0.25) is 0 Å². The fourth-order valence-electron chi connectivity index (χ4n) is 11.3. The Balaban J connectivity index is 1.56. The molecule has 8 atom stereocenters. The molecule has 0 radical (unpaired) electrons. The molecular weight excluding hydrogens is 446 g/mol. The number of rotatable bonds is 2. The van der Waals surface area contributed by atoms with Crippen LogP contribution in [0, 0.1) is 50.7 Å². The number of nitrogens with two attached hydrogens (primary N) is 1. The fraction of sp³-hybridized carbons (Fsp3) is 0.875. The summed E-state index contributed by atoms with van der Waals surface area (Å²) in [4.78, 5) is 25.3. The van der Waals surface area contributed by atoms with Crippen molar-refractivity contribution in [3.63, 3.8) is 0 Å². The molecule has 0 bridgehead atoms. The quantitative estimate of drug-likeness (QED) is 0.323. The van der Waals surface area contributed by atoms with E-state index < -0.39 is 5.72 Å². The molecule has 0 amide bonds. The zero-order valence-electron chi connectivity index (χ0n) is 24.5. The second-order valence-electron chi connectivity index (χ2n) is 15.5. The average molecular weight is 498 g/mol. The predicted octanol–water partition coefficient (Wildman–Crippen LogP) is 7.21. The summed E-state index contributed by atoms with van der Waals surface area (Å²) >= 11 is 0. The molecule has 4 heteroatoms. The highest BCUT2D eigenvalue weighted by atomic mass is 16.6. The number of Topliss-reactive ketones (excluding diaryl/α,β-unsaturated/α-hetero) is 1. The summed E-state index contributed by atoms with van der Waals surface area (Å²) in [6.45, 7) is 20.6. The second kappa shape index (κ2) is 7.70.